The molecule has 7 heteroatoms. The predicted octanol–water partition coefficient (Wildman–Crippen LogP) is 7.37. The average molecular weight is 503 g/mol. The highest BCUT2D eigenvalue weighted by atomic mass is 32.2. The topological polar surface area (TPSA) is 80.5 Å². The summed E-state index contributed by atoms with van der Waals surface area (Å²) in [4.78, 5) is 40.7. The number of non-ortho nitro benzene ring substituents is 1. The molecular weight excluding hydrogens is 484 g/mol. The number of carbonyl (C=O) groups is 2. The number of anilines is 1. The fourth-order valence-electron chi connectivity index (χ4n) is 4.64. The van der Waals surface area contributed by atoms with Crippen LogP contribution in [0, 0.1) is 10.1 Å². The molecule has 0 aliphatic carbocycles. The molecule has 6 rings (SSSR count). The summed E-state index contributed by atoms with van der Waals surface area (Å²) in [7, 11) is 0. The van der Waals surface area contributed by atoms with E-state index in [2.05, 4.69) is 0 Å². The van der Waals surface area contributed by atoms with Crippen LogP contribution < -0.4 is 4.90 Å². The molecule has 0 spiro atoms. The summed E-state index contributed by atoms with van der Waals surface area (Å²) >= 11 is 1.44. The maximum atomic E-state index is 13.8. The molecule has 0 saturated heterocycles. The number of nitro groups is 1. The lowest BCUT2D eigenvalue weighted by atomic mass is 9.90. The standard InChI is InChI=1S/C30H18N2O4S/c33-29-26-18-20-8-4-5-9-25(20)27(19-6-2-1-3-7-19)28(26)30(34)31(29)21-10-14-23(15-11-21)37-24-16-12-22(13-17-24)32(35)36/h1-18H. The number of carbonyl (C=O) groups excluding carboxylic acids is 2. The SMILES string of the molecule is O=C1c2cc3ccccc3c(-c3ccccc3)c2C(=O)N1c1ccc(Sc2ccc([N+](=O)[O-])cc2)cc1. The Kier molecular flexibility index (Phi) is 5.54. The summed E-state index contributed by atoms with van der Waals surface area (Å²) in [5.41, 5.74) is 2.98. The highest BCUT2D eigenvalue weighted by Gasteiger charge is 2.39. The maximum Gasteiger partial charge on any atom is 0.269 e. The smallest absolute Gasteiger partial charge is 0.268 e. The molecule has 0 aromatic heterocycles. The van der Waals surface area contributed by atoms with Crippen LogP contribution in [-0.4, -0.2) is 16.7 Å². The molecule has 0 saturated carbocycles. The first-order valence-electron chi connectivity index (χ1n) is 11.5. The van der Waals surface area contributed by atoms with E-state index in [4.69, 9.17) is 0 Å². The molecule has 0 atom stereocenters. The van der Waals surface area contributed by atoms with Crippen LogP contribution >= 0.6 is 11.8 Å². The Labute approximate surface area is 216 Å². The summed E-state index contributed by atoms with van der Waals surface area (Å²) < 4.78 is 0. The second-order valence-electron chi connectivity index (χ2n) is 8.55. The number of fused-ring (bicyclic) bond motifs is 2. The van der Waals surface area contributed by atoms with E-state index >= 15 is 0 Å². The second-order valence-corrected chi connectivity index (χ2v) is 9.70. The van der Waals surface area contributed by atoms with Crippen molar-refractivity contribution in [1.29, 1.82) is 0 Å². The molecule has 0 fully saturated rings. The normalized spacial score (nSPS) is 12.7. The Morgan fingerprint density at radius 1 is 0.676 bits per heavy atom. The van der Waals surface area contributed by atoms with E-state index in [1.807, 2.05) is 66.7 Å². The minimum Gasteiger partial charge on any atom is -0.268 e. The van der Waals surface area contributed by atoms with Crippen molar-refractivity contribution in [3.63, 3.8) is 0 Å². The zero-order valence-electron chi connectivity index (χ0n) is 19.3. The van der Waals surface area contributed by atoms with Gasteiger partial charge in [-0.25, -0.2) is 4.90 Å². The minimum atomic E-state index is -0.433. The molecule has 1 heterocycles. The van der Waals surface area contributed by atoms with Crippen molar-refractivity contribution in [2.75, 3.05) is 4.90 Å². The largest absolute Gasteiger partial charge is 0.269 e. The van der Waals surface area contributed by atoms with E-state index < -0.39 is 4.92 Å². The number of nitro benzene ring substituents is 1. The van der Waals surface area contributed by atoms with Gasteiger partial charge in [-0.05, 0) is 58.8 Å². The van der Waals surface area contributed by atoms with Gasteiger partial charge in [0.25, 0.3) is 17.5 Å². The van der Waals surface area contributed by atoms with Gasteiger partial charge in [0.1, 0.15) is 0 Å². The van der Waals surface area contributed by atoms with Crippen LogP contribution in [0.3, 0.4) is 0 Å². The molecular formula is C30H18N2O4S. The average Bonchev–Trinajstić information content (AvgIpc) is 3.17. The van der Waals surface area contributed by atoms with E-state index in [0.29, 0.717) is 16.8 Å². The third kappa shape index (κ3) is 3.95. The van der Waals surface area contributed by atoms with Crippen molar-refractivity contribution in [1.82, 2.24) is 0 Å². The fraction of sp³-hybridized carbons (Fsp3) is 0. The van der Waals surface area contributed by atoms with Gasteiger partial charge in [0.15, 0.2) is 0 Å². The van der Waals surface area contributed by atoms with Crippen LogP contribution in [0.2, 0.25) is 0 Å². The quantitative estimate of drug-likeness (QED) is 0.142. The van der Waals surface area contributed by atoms with Crippen molar-refractivity contribution in [2.24, 2.45) is 0 Å². The van der Waals surface area contributed by atoms with E-state index in [-0.39, 0.29) is 17.5 Å². The van der Waals surface area contributed by atoms with Gasteiger partial charge in [-0.1, -0.05) is 66.4 Å². The van der Waals surface area contributed by atoms with Crippen LogP contribution in [0.5, 0.6) is 0 Å². The Bertz CT molecular complexity index is 1700. The Morgan fingerprint density at radius 3 is 1.97 bits per heavy atom. The van der Waals surface area contributed by atoms with Gasteiger partial charge < -0.3 is 0 Å². The Hall–Kier alpha value is -4.75. The lowest BCUT2D eigenvalue weighted by Gasteiger charge is -2.15. The van der Waals surface area contributed by atoms with Gasteiger partial charge in [-0.15, -0.1) is 0 Å². The maximum absolute atomic E-state index is 13.8. The number of amides is 2. The molecule has 1 aliphatic heterocycles. The minimum absolute atomic E-state index is 0.0351. The molecule has 1 aliphatic rings. The zero-order valence-corrected chi connectivity index (χ0v) is 20.1. The van der Waals surface area contributed by atoms with Gasteiger partial charge >= 0.3 is 0 Å². The van der Waals surface area contributed by atoms with E-state index in [1.54, 1.807) is 30.3 Å². The molecule has 37 heavy (non-hydrogen) atoms. The van der Waals surface area contributed by atoms with Gasteiger partial charge in [0.05, 0.1) is 21.7 Å². The first-order chi connectivity index (χ1) is 18.0. The lowest BCUT2D eigenvalue weighted by Crippen LogP contribution is -2.29. The van der Waals surface area contributed by atoms with Crippen molar-refractivity contribution < 1.29 is 14.5 Å². The van der Waals surface area contributed by atoms with E-state index in [0.717, 1.165) is 31.7 Å². The number of imide groups is 1. The summed E-state index contributed by atoms with van der Waals surface area (Å²) in [6.45, 7) is 0. The van der Waals surface area contributed by atoms with Crippen LogP contribution in [0.15, 0.2) is 119 Å². The van der Waals surface area contributed by atoms with Gasteiger partial charge in [0, 0.05) is 27.5 Å². The molecule has 0 bridgehead atoms. The number of benzene rings is 5. The van der Waals surface area contributed by atoms with Crippen LogP contribution in [0.4, 0.5) is 11.4 Å². The Morgan fingerprint density at radius 2 is 1.30 bits per heavy atom. The molecule has 178 valence electrons. The third-order valence-corrected chi connectivity index (χ3v) is 7.36. The summed E-state index contributed by atoms with van der Waals surface area (Å²) in [6.07, 6.45) is 0. The molecule has 2 amide bonds. The third-order valence-electron chi connectivity index (χ3n) is 6.34. The molecule has 0 unspecified atom stereocenters. The number of hydrogen-bond acceptors (Lipinski definition) is 5. The van der Waals surface area contributed by atoms with Crippen LogP contribution in [0.25, 0.3) is 21.9 Å². The molecule has 0 radical (unpaired) electrons. The lowest BCUT2D eigenvalue weighted by molar-refractivity contribution is -0.384. The second kappa shape index (κ2) is 9.04. The first kappa shape index (κ1) is 22.7. The molecule has 5 aromatic rings. The van der Waals surface area contributed by atoms with E-state index in [1.165, 1.54) is 28.8 Å². The van der Waals surface area contributed by atoms with Crippen molar-refractivity contribution >= 4 is 45.7 Å². The number of rotatable bonds is 5. The van der Waals surface area contributed by atoms with Gasteiger partial charge in [0.2, 0.25) is 0 Å². The number of hydrogen-bond donors (Lipinski definition) is 0. The van der Waals surface area contributed by atoms with Crippen molar-refractivity contribution in [3.8, 4) is 11.1 Å². The molecule has 5 aromatic carbocycles. The van der Waals surface area contributed by atoms with Gasteiger partial charge in [-0.2, -0.15) is 0 Å². The highest BCUT2D eigenvalue weighted by Crippen LogP contribution is 2.40. The zero-order chi connectivity index (χ0) is 25.5. The fourth-order valence-corrected chi connectivity index (χ4v) is 5.45. The summed E-state index contributed by atoms with van der Waals surface area (Å²) in [5, 5.41) is 12.7. The monoisotopic (exact) mass is 502 g/mol. The van der Waals surface area contributed by atoms with Gasteiger partial charge in [-0.3, -0.25) is 19.7 Å². The van der Waals surface area contributed by atoms with Crippen molar-refractivity contribution in [3.05, 3.63) is 130 Å². The highest BCUT2D eigenvalue weighted by molar-refractivity contribution is 7.99. The molecule has 6 nitrogen and oxygen atoms in total. The summed E-state index contributed by atoms with van der Waals surface area (Å²) in [6, 6.07) is 32.7. The number of nitrogens with zero attached hydrogens (tertiary/aromatic N) is 2. The van der Waals surface area contributed by atoms with Crippen LogP contribution in [-0.2, 0) is 0 Å². The van der Waals surface area contributed by atoms with E-state index in [9.17, 15) is 19.7 Å². The summed E-state index contributed by atoms with van der Waals surface area (Å²) in [5.74, 6) is -0.695. The molecule has 0 N–H and O–H groups in total. The predicted molar refractivity (Wildman–Crippen MR) is 144 cm³/mol. The Balaban J connectivity index is 1.36. The first-order valence-corrected chi connectivity index (χ1v) is 12.4. The van der Waals surface area contributed by atoms with Crippen molar-refractivity contribution in [2.45, 2.75) is 9.79 Å². The van der Waals surface area contributed by atoms with Crippen LogP contribution in [0.1, 0.15) is 20.7 Å².